The summed E-state index contributed by atoms with van der Waals surface area (Å²) in [6.07, 6.45) is 0.802. The summed E-state index contributed by atoms with van der Waals surface area (Å²) >= 11 is 1.39. The molecule has 0 aliphatic rings. The Labute approximate surface area is 101 Å². The molecular weight excluding hydrogens is 240 g/mol. The standard InChI is InChI=1S/C10H10N4O2S/c1-2-9-12-13-10(17-9)11-7-5-3-4-6-8(7)14(15)16/h3-6H,2H2,1H3,(H,11,13). The largest absolute Gasteiger partial charge is 0.324 e. The minimum atomic E-state index is -0.426. The van der Waals surface area contributed by atoms with Crippen molar-refractivity contribution in [3.8, 4) is 0 Å². The predicted molar refractivity (Wildman–Crippen MR) is 65.7 cm³/mol. The first-order valence-corrected chi connectivity index (χ1v) is 5.85. The minimum Gasteiger partial charge on any atom is -0.324 e. The fraction of sp³-hybridized carbons (Fsp3) is 0.200. The maximum Gasteiger partial charge on any atom is 0.292 e. The zero-order valence-electron chi connectivity index (χ0n) is 9.08. The lowest BCUT2D eigenvalue weighted by atomic mass is 10.3. The van der Waals surface area contributed by atoms with Gasteiger partial charge in [0.1, 0.15) is 10.7 Å². The summed E-state index contributed by atoms with van der Waals surface area (Å²) < 4.78 is 0. The molecule has 6 nitrogen and oxygen atoms in total. The number of aromatic nitrogens is 2. The fourth-order valence-electron chi connectivity index (χ4n) is 1.30. The first-order valence-electron chi connectivity index (χ1n) is 5.03. The SMILES string of the molecule is CCc1nnc(Nc2ccccc2[N+](=O)[O-])s1. The summed E-state index contributed by atoms with van der Waals surface area (Å²) in [5.74, 6) is 0. The van der Waals surface area contributed by atoms with Gasteiger partial charge in [0.15, 0.2) is 0 Å². The van der Waals surface area contributed by atoms with Crippen molar-refractivity contribution in [2.45, 2.75) is 13.3 Å². The van der Waals surface area contributed by atoms with E-state index in [9.17, 15) is 10.1 Å². The van der Waals surface area contributed by atoms with Gasteiger partial charge in [0.25, 0.3) is 5.69 Å². The quantitative estimate of drug-likeness (QED) is 0.666. The number of rotatable bonds is 4. The number of nitro benzene ring substituents is 1. The third-order valence-corrected chi connectivity index (χ3v) is 3.09. The molecule has 2 rings (SSSR count). The van der Waals surface area contributed by atoms with Crippen molar-refractivity contribution >= 4 is 27.8 Å². The summed E-state index contributed by atoms with van der Waals surface area (Å²) in [6.45, 7) is 1.98. The monoisotopic (exact) mass is 250 g/mol. The number of hydrogen-bond acceptors (Lipinski definition) is 6. The van der Waals surface area contributed by atoms with E-state index in [1.807, 2.05) is 6.92 Å². The Hall–Kier alpha value is -2.02. The Kier molecular flexibility index (Phi) is 3.29. The number of para-hydroxylation sites is 2. The van der Waals surface area contributed by atoms with Gasteiger partial charge in [-0.3, -0.25) is 10.1 Å². The maximum atomic E-state index is 10.8. The second-order valence-electron chi connectivity index (χ2n) is 3.25. The Morgan fingerprint density at radius 2 is 2.18 bits per heavy atom. The van der Waals surface area contributed by atoms with Gasteiger partial charge in [0.05, 0.1) is 4.92 Å². The van der Waals surface area contributed by atoms with Crippen LogP contribution in [0.5, 0.6) is 0 Å². The molecule has 17 heavy (non-hydrogen) atoms. The molecule has 0 amide bonds. The van der Waals surface area contributed by atoms with Gasteiger partial charge in [0, 0.05) is 6.07 Å². The molecule has 0 unspecified atom stereocenters. The predicted octanol–water partition coefficient (Wildman–Crippen LogP) is 2.75. The Bertz CT molecular complexity index is 541. The summed E-state index contributed by atoms with van der Waals surface area (Å²) in [4.78, 5) is 10.4. The number of aryl methyl sites for hydroxylation is 1. The van der Waals surface area contributed by atoms with E-state index in [2.05, 4.69) is 15.5 Å². The van der Waals surface area contributed by atoms with Gasteiger partial charge >= 0.3 is 0 Å². The molecule has 0 aliphatic carbocycles. The number of benzene rings is 1. The third-order valence-electron chi connectivity index (χ3n) is 2.11. The zero-order valence-corrected chi connectivity index (χ0v) is 9.90. The molecule has 0 fully saturated rings. The van der Waals surface area contributed by atoms with Gasteiger partial charge in [-0.15, -0.1) is 10.2 Å². The smallest absolute Gasteiger partial charge is 0.292 e. The van der Waals surface area contributed by atoms with Crippen LogP contribution in [0.1, 0.15) is 11.9 Å². The molecule has 7 heteroatoms. The normalized spacial score (nSPS) is 10.2. The van der Waals surface area contributed by atoms with E-state index >= 15 is 0 Å². The van der Waals surface area contributed by atoms with Crippen LogP contribution in [0, 0.1) is 10.1 Å². The molecule has 1 aromatic carbocycles. The van der Waals surface area contributed by atoms with E-state index in [1.165, 1.54) is 17.4 Å². The van der Waals surface area contributed by atoms with Crippen LogP contribution in [0.4, 0.5) is 16.5 Å². The molecular formula is C10H10N4O2S. The van der Waals surface area contributed by atoms with Crippen LogP contribution in [-0.4, -0.2) is 15.1 Å². The lowest BCUT2D eigenvalue weighted by molar-refractivity contribution is -0.383. The van der Waals surface area contributed by atoms with Crippen LogP contribution >= 0.6 is 11.3 Å². The molecule has 0 atom stereocenters. The molecule has 0 radical (unpaired) electrons. The van der Waals surface area contributed by atoms with Crippen LogP contribution in [0.15, 0.2) is 24.3 Å². The van der Waals surface area contributed by atoms with E-state index in [0.717, 1.165) is 11.4 Å². The van der Waals surface area contributed by atoms with E-state index in [-0.39, 0.29) is 5.69 Å². The van der Waals surface area contributed by atoms with Crippen molar-refractivity contribution in [1.82, 2.24) is 10.2 Å². The van der Waals surface area contributed by atoms with E-state index in [0.29, 0.717) is 10.8 Å². The van der Waals surface area contributed by atoms with Crippen molar-refractivity contribution in [3.63, 3.8) is 0 Å². The maximum absolute atomic E-state index is 10.8. The van der Waals surface area contributed by atoms with Crippen molar-refractivity contribution in [3.05, 3.63) is 39.4 Å². The van der Waals surface area contributed by atoms with Gasteiger partial charge in [-0.25, -0.2) is 0 Å². The third kappa shape index (κ3) is 2.56. The fourth-order valence-corrected chi connectivity index (χ4v) is 1.99. The van der Waals surface area contributed by atoms with Gasteiger partial charge in [-0.05, 0) is 12.5 Å². The summed E-state index contributed by atoms with van der Waals surface area (Å²) in [6, 6.07) is 6.45. The number of nitro groups is 1. The highest BCUT2D eigenvalue weighted by Gasteiger charge is 2.13. The van der Waals surface area contributed by atoms with E-state index in [4.69, 9.17) is 0 Å². The lowest BCUT2D eigenvalue weighted by Gasteiger charge is -2.01. The van der Waals surface area contributed by atoms with Crippen molar-refractivity contribution in [2.24, 2.45) is 0 Å². The summed E-state index contributed by atoms with van der Waals surface area (Å²) in [5, 5.41) is 23.0. The number of nitrogens with one attached hydrogen (secondary N) is 1. The number of anilines is 2. The Balaban J connectivity index is 2.26. The molecule has 2 aromatic rings. The highest BCUT2D eigenvalue weighted by molar-refractivity contribution is 7.15. The summed E-state index contributed by atoms with van der Waals surface area (Å²) in [7, 11) is 0. The van der Waals surface area contributed by atoms with E-state index < -0.39 is 4.92 Å². The lowest BCUT2D eigenvalue weighted by Crippen LogP contribution is -1.96. The van der Waals surface area contributed by atoms with Crippen LogP contribution in [0.25, 0.3) is 0 Å². The van der Waals surface area contributed by atoms with Crippen molar-refractivity contribution in [1.29, 1.82) is 0 Å². The van der Waals surface area contributed by atoms with Crippen LogP contribution in [-0.2, 0) is 6.42 Å². The van der Waals surface area contributed by atoms with Crippen molar-refractivity contribution in [2.75, 3.05) is 5.32 Å². The first kappa shape index (κ1) is 11.5. The Morgan fingerprint density at radius 3 is 2.82 bits per heavy atom. The molecule has 1 aromatic heterocycles. The highest BCUT2D eigenvalue weighted by Crippen LogP contribution is 2.28. The van der Waals surface area contributed by atoms with Gasteiger partial charge < -0.3 is 5.32 Å². The minimum absolute atomic E-state index is 0.0285. The molecule has 0 saturated carbocycles. The Morgan fingerprint density at radius 1 is 1.41 bits per heavy atom. The average molecular weight is 250 g/mol. The first-order chi connectivity index (χ1) is 8.20. The molecule has 0 bridgehead atoms. The van der Waals surface area contributed by atoms with Crippen LogP contribution < -0.4 is 5.32 Å². The molecule has 0 spiro atoms. The molecule has 88 valence electrons. The van der Waals surface area contributed by atoms with Gasteiger partial charge in [-0.2, -0.15) is 0 Å². The zero-order chi connectivity index (χ0) is 12.3. The van der Waals surface area contributed by atoms with Gasteiger partial charge in [0.2, 0.25) is 5.13 Å². The molecule has 1 heterocycles. The van der Waals surface area contributed by atoms with Gasteiger partial charge in [-0.1, -0.05) is 30.4 Å². The topological polar surface area (TPSA) is 81.0 Å². The second-order valence-corrected chi connectivity index (χ2v) is 4.32. The average Bonchev–Trinajstić information content (AvgIpc) is 2.77. The number of hydrogen-bond donors (Lipinski definition) is 1. The molecule has 0 aliphatic heterocycles. The molecule has 1 N–H and O–H groups in total. The highest BCUT2D eigenvalue weighted by atomic mass is 32.1. The van der Waals surface area contributed by atoms with Crippen LogP contribution in [0.2, 0.25) is 0 Å². The van der Waals surface area contributed by atoms with Crippen LogP contribution in [0.3, 0.4) is 0 Å². The molecule has 0 saturated heterocycles. The summed E-state index contributed by atoms with van der Waals surface area (Å²) in [5.41, 5.74) is 0.456. The second kappa shape index (κ2) is 4.88. The number of nitrogens with zero attached hydrogens (tertiary/aromatic N) is 3. The van der Waals surface area contributed by atoms with E-state index in [1.54, 1.807) is 18.2 Å². The van der Waals surface area contributed by atoms with Crippen molar-refractivity contribution < 1.29 is 4.92 Å².